The number of likely N-dealkylation sites (N-methyl/N-ethyl adjacent to an activating group) is 1. The third-order valence-corrected chi connectivity index (χ3v) is 12.9. The molecule has 2 aromatic carbocycles. The monoisotopic (exact) mass is 825 g/mol. The lowest BCUT2D eigenvalue weighted by atomic mass is 9.66. The Morgan fingerprint density at radius 2 is 1.53 bits per heavy atom. The van der Waals surface area contributed by atoms with Gasteiger partial charge in [-0.1, -0.05) is 19.1 Å². The van der Waals surface area contributed by atoms with Crippen LogP contribution in [0.25, 0.3) is 0 Å². The van der Waals surface area contributed by atoms with Crippen molar-refractivity contribution in [2.75, 3.05) is 21.2 Å². The number of hydrogen-bond acceptors (Lipinski definition) is 17. The molecular formula is C42H51NO16. The number of methoxy groups -OCH3 is 1. The Balaban J connectivity index is 1.08. The van der Waals surface area contributed by atoms with Crippen molar-refractivity contribution in [1.29, 1.82) is 0 Å². The van der Waals surface area contributed by atoms with Crippen molar-refractivity contribution in [3.05, 3.63) is 51.6 Å². The van der Waals surface area contributed by atoms with Gasteiger partial charge >= 0.3 is 5.97 Å². The summed E-state index contributed by atoms with van der Waals surface area (Å²) >= 11 is 0. The van der Waals surface area contributed by atoms with E-state index >= 15 is 0 Å². The van der Waals surface area contributed by atoms with E-state index in [9.17, 15) is 39.6 Å². The molecule has 17 nitrogen and oxygen atoms in total. The maximum absolute atomic E-state index is 14.0. The highest BCUT2D eigenvalue weighted by Gasteiger charge is 2.56. The van der Waals surface area contributed by atoms with E-state index in [1.54, 1.807) is 20.8 Å². The predicted molar refractivity (Wildman–Crippen MR) is 201 cm³/mol. The van der Waals surface area contributed by atoms with Crippen LogP contribution in [0.4, 0.5) is 0 Å². The Morgan fingerprint density at radius 1 is 0.847 bits per heavy atom. The summed E-state index contributed by atoms with van der Waals surface area (Å²) in [4.78, 5) is 55.7. The van der Waals surface area contributed by atoms with Crippen LogP contribution < -0.4 is 0 Å². The Labute approximate surface area is 340 Å². The molecule has 0 unspecified atom stereocenters. The molecule has 4 saturated heterocycles. The van der Waals surface area contributed by atoms with Gasteiger partial charge in [0.1, 0.15) is 47.6 Å². The lowest BCUT2D eigenvalue weighted by Gasteiger charge is -2.51. The molecule has 4 heterocycles. The van der Waals surface area contributed by atoms with Crippen LogP contribution in [-0.2, 0) is 47.5 Å². The number of benzene rings is 2. The van der Waals surface area contributed by atoms with E-state index in [1.165, 1.54) is 18.2 Å². The zero-order chi connectivity index (χ0) is 42.4. The topological polar surface area (TPSA) is 226 Å². The molecule has 0 spiro atoms. The van der Waals surface area contributed by atoms with Crippen molar-refractivity contribution in [2.24, 2.45) is 0 Å². The zero-order valence-corrected chi connectivity index (χ0v) is 33.9. The minimum atomic E-state index is -1.92. The van der Waals surface area contributed by atoms with Gasteiger partial charge in [0.05, 0.1) is 53.8 Å². The van der Waals surface area contributed by atoms with E-state index in [0.717, 1.165) is 7.11 Å². The standard InChI is InChI=1S/C42H51NO16/c1-8-42(51)15-25(29-30(33(42)40(50)52-7)37(49)31-32(36(29)48)35(47)28-19(34(31)46)10-9-11-21(28)44)57-26-12-20(43(5)6)38(17(3)53-26)58-27-14-23-39(18(4)54-27)59-41-24(56-23)13-22(45)16(2)55-41/h9-11,16-18,20,23-27,33,38-39,41,44,48-49,51H,8,12-15H2,1-7H3/t16-,17-,18-,20-,23-,24-,25-,26-,27-,33-,38+,39+,41-,42+/m0/s1. The molecule has 2 aliphatic carbocycles. The van der Waals surface area contributed by atoms with E-state index in [4.69, 9.17) is 37.9 Å². The summed E-state index contributed by atoms with van der Waals surface area (Å²) in [5.41, 5.74) is -4.11. The molecule has 0 saturated carbocycles. The summed E-state index contributed by atoms with van der Waals surface area (Å²) in [5, 5.41) is 46.7. The van der Waals surface area contributed by atoms with Crippen LogP contribution >= 0.6 is 0 Å². The van der Waals surface area contributed by atoms with Gasteiger partial charge in [-0.2, -0.15) is 0 Å². The molecule has 4 N–H and O–H groups in total. The molecule has 320 valence electrons. The number of carbonyl (C=O) groups excluding carboxylic acids is 4. The number of ether oxygens (including phenoxy) is 8. The minimum Gasteiger partial charge on any atom is -0.507 e. The van der Waals surface area contributed by atoms with Crippen molar-refractivity contribution in [3.63, 3.8) is 0 Å². The van der Waals surface area contributed by atoms with Crippen molar-refractivity contribution in [3.8, 4) is 17.2 Å². The average Bonchev–Trinajstić information content (AvgIpc) is 3.18. The number of aliphatic hydroxyl groups is 1. The van der Waals surface area contributed by atoms with Gasteiger partial charge in [-0.25, -0.2) is 0 Å². The van der Waals surface area contributed by atoms with E-state index in [0.29, 0.717) is 6.42 Å². The quantitative estimate of drug-likeness (QED) is 0.198. The number of fused-ring (bicyclic) bond motifs is 5. The van der Waals surface area contributed by atoms with Crippen LogP contribution in [0, 0.1) is 0 Å². The number of phenols is 3. The highest BCUT2D eigenvalue weighted by Crippen LogP contribution is 2.57. The van der Waals surface area contributed by atoms with Crippen LogP contribution in [0.3, 0.4) is 0 Å². The summed E-state index contributed by atoms with van der Waals surface area (Å²) in [6.45, 7) is 7.00. The number of phenolic OH excluding ortho intramolecular Hbond substituents is 3. The van der Waals surface area contributed by atoms with E-state index in [1.807, 2.05) is 25.9 Å². The SMILES string of the molecule is CC[C@@]1(O)C[C@H](O[C@H]2C[C@H](N(C)C)[C@H](O[C@H]3C[C@@H]4O[C@H]5CC(=O)[C@H](C)O[C@H]5O[C@@H]4[C@H](C)O3)[C@H](C)O2)c2c(O)c3c(c(O)c2[C@H]1C(=O)OC)C(=O)c1cccc(O)c1C3=O. The van der Waals surface area contributed by atoms with Crippen LogP contribution in [0.1, 0.15) is 115 Å². The largest absolute Gasteiger partial charge is 0.507 e. The van der Waals surface area contributed by atoms with E-state index in [-0.39, 0.29) is 59.8 Å². The van der Waals surface area contributed by atoms with Gasteiger partial charge in [0.25, 0.3) is 0 Å². The summed E-state index contributed by atoms with van der Waals surface area (Å²) in [5.74, 6) is -6.42. The van der Waals surface area contributed by atoms with Crippen LogP contribution in [-0.4, -0.2) is 143 Å². The van der Waals surface area contributed by atoms with Gasteiger partial charge in [0.15, 0.2) is 30.4 Å². The molecule has 0 bridgehead atoms. The first-order chi connectivity index (χ1) is 28.0. The Hall–Kier alpha value is -4.04. The van der Waals surface area contributed by atoms with Gasteiger partial charge in [-0.05, 0) is 47.4 Å². The number of carbonyl (C=O) groups is 4. The first-order valence-corrected chi connectivity index (χ1v) is 20.1. The molecule has 14 atom stereocenters. The molecule has 17 heteroatoms. The fraction of sp³-hybridized carbons (Fsp3) is 0.619. The molecule has 0 radical (unpaired) electrons. The fourth-order valence-electron chi connectivity index (χ4n) is 9.80. The molecule has 4 aliphatic heterocycles. The zero-order valence-electron chi connectivity index (χ0n) is 33.9. The Bertz CT molecular complexity index is 2050. The van der Waals surface area contributed by atoms with Gasteiger partial charge in [-0.15, -0.1) is 0 Å². The number of aromatic hydroxyl groups is 3. The first-order valence-electron chi connectivity index (χ1n) is 20.1. The van der Waals surface area contributed by atoms with Crippen molar-refractivity contribution in [1.82, 2.24) is 4.90 Å². The first kappa shape index (κ1) is 41.7. The average molecular weight is 826 g/mol. The molecule has 0 aromatic heterocycles. The molecular weight excluding hydrogens is 774 g/mol. The second kappa shape index (κ2) is 15.5. The van der Waals surface area contributed by atoms with Crippen LogP contribution in [0.2, 0.25) is 0 Å². The highest BCUT2D eigenvalue weighted by atomic mass is 16.8. The van der Waals surface area contributed by atoms with Crippen LogP contribution in [0.15, 0.2) is 18.2 Å². The summed E-state index contributed by atoms with van der Waals surface area (Å²) < 4.78 is 49.4. The number of hydrogen-bond donors (Lipinski definition) is 4. The smallest absolute Gasteiger partial charge is 0.316 e. The second-order valence-corrected chi connectivity index (χ2v) is 16.7. The maximum Gasteiger partial charge on any atom is 0.316 e. The van der Waals surface area contributed by atoms with Gasteiger partial charge in [0, 0.05) is 48.4 Å². The third kappa shape index (κ3) is 6.84. The number of Topliss-reactive ketones (excluding diaryl/α,β-unsaturated/α-hetero) is 1. The molecule has 8 rings (SSSR count). The van der Waals surface area contributed by atoms with E-state index < -0.39 is 125 Å². The highest BCUT2D eigenvalue weighted by molar-refractivity contribution is 6.31. The number of nitrogens with zero attached hydrogens (tertiary/aromatic N) is 1. The van der Waals surface area contributed by atoms with Crippen molar-refractivity contribution >= 4 is 23.3 Å². The Morgan fingerprint density at radius 3 is 2.22 bits per heavy atom. The number of esters is 1. The maximum atomic E-state index is 14.0. The molecule has 0 amide bonds. The molecule has 6 aliphatic rings. The molecule has 2 aromatic rings. The number of ketones is 3. The Kier molecular flexibility index (Phi) is 10.9. The van der Waals surface area contributed by atoms with Crippen molar-refractivity contribution < 1.29 is 77.5 Å². The number of rotatable bonds is 7. The van der Waals surface area contributed by atoms with Gasteiger partial charge in [-0.3, -0.25) is 19.2 Å². The summed E-state index contributed by atoms with van der Waals surface area (Å²) in [6.07, 6.45) is -6.94. The van der Waals surface area contributed by atoms with Gasteiger partial charge in [0.2, 0.25) is 5.78 Å². The lowest BCUT2D eigenvalue weighted by molar-refractivity contribution is -0.371. The molecule has 4 fully saturated rings. The van der Waals surface area contributed by atoms with Crippen LogP contribution in [0.5, 0.6) is 17.2 Å². The summed E-state index contributed by atoms with van der Waals surface area (Å²) in [7, 11) is 4.85. The van der Waals surface area contributed by atoms with Gasteiger partial charge < -0.3 is 63.2 Å². The minimum absolute atomic E-state index is 0.0363. The second-order valence-electron chi connectivity index (χ2n) is 16.7. The molecule has 59 heavy (non-hydrogen) atoms. The lowest BCUT2D eigenvalue weighted by Crippen LogP contribution is -2.62. The fourth-order valence-corrected chi connectivity index (χ4v) is 9.80. The van der Waals surface area contributed by atoms with Crippen molar-refractivity contribution in [2.45, 2.75) is 145 Å². The van der Waals surface area contributed by atoms with E-state index in [2.05, 4.69) is 0 Å². The predicted octanol–water partition coefficient (Wildman–Crippen LogP) is 2.88. The summed E-state index contributed by atoms with van der Waals surface area (Å²) in [6, 6.07) is 3.55. The normalized spacial score (nSPS) is 37.8. The third-order valence-electron chi connectivity index (χ3n) is 12.9.